The number of carbonyl (C=O) groups excluding carboxylic acids is 1. The summed E-state index contributed by atoms with van der Waals surface area (Å²) in [5, 5.41) is 9.24. The zero-order chi connectivity index (χ0) is 17.1. The number of esters is 1. The highest BCUT2D eigenvalue weighted by atomic mass is 16.6. The zero-order valence-electron chi connectivity index (χ0n) is 14.0. The molecule has 1 atom stereocenters. The lowest BCUT2D eigenvalue weighted by Crippen LogP contribution is -2.47. The summed E-state index contributed by atoms with van der Waals surface area (Å²) in [4.78, 5) is 23.5. The predicted molar refractivity (Wildman–Crippen MR) is 83.0 cm³/mol. The summed E-state index contributed by atoms with van der Waals surface area (Å²) in [5.41, 5.74) is 2.88. The SMILES string of the molecule is COC(C)(C)C(OC(=O)Cc1c(C)cc(C)cc1C)C(=O)O. The molecule has 1 unspecified atom stereocenters. The second-order valence-electron chi connectivity index (χ2n) is 6.07. The Bertz CT molecular complexity index is 551. The molecule has 0 bridgehead atoms. The molecule has 0 saturated heterocycles. The molecule has 0 amide bonds. The minimum atomic E-state index is -1.35. The van der Waals surface area contributed by atoms with Crippen molar-refractivity contribution < 1.29 is 24.2 Å². The van der Waals surface area contributed by atoms with Crippen molar-refractivity contribution in [3.05, 3.63) is 34.4 Å². The van der Waals surface area contributed by atoms with Crippen molar-refractivity contribution in [2.75, 3.05) is 7.11 Å². The van der Waals surface area contributed by atoms with E-state index in [1.54, 1.807) is 13.8 Å². The van der Waals surface area contributed by atoms with E-state index in [1.165, 1.54) is 7.11 Å². The van der Waals surface area contributed by atoms with Crippen LogP contribution < -0.4 is 0 Å². The van der Waals surface area contributed by atoms with Gasteiger partial charge in [0.05, 0.1) is 6.42 Å². The zero-order valence-corrected chi connectivity index (χ0v) is 14.0. The Morgan fingerprint density at radius 2 is 1.68 bits per heavy atom. The van der Waals surface area contributed by atoms with Gasteiger partial charge in [-0.1, -0.05) is 17.7 Å². The van der Waals surface area contributed by atoms with E-state index in [0.29, 0.717) is 0 Å². The van der Waals surface area contributed by atoms with Gasteiger partial charge >= 0.3 is 11.9 Å². The first kappa shape index (κ1) is 18.2. The third-order valence-electron chi connectivity index (χ3n) is 3.79. The van der Waals surface area contributed by atoms with Crippen LogP contribution in [0.3, 0.4) is 0 Å². The number of ether oxygens (including phenoxy) is 2. The van der Waals surface area contributed by atoms with E-state index in [0.717, 1.165) is 22.3 Å². The van der Waals surface area contributed by atoms with Gasteiger partial charge in [-0.25, -0.2) is 4.79 Å². The molecule has 0 fully saturated rings. The first-order chi connectivity index (χ1) is 10.1. The Morgan fingerprint density at radius 3 is 2.09 bits per heavy atom. The number of carboxylic acids is 1. The fraction of sp³-hybridized carbons (Fsp3) is 0.529. The molecule has 1 rings (SSSR count). The average Bonchev–Trinajstić information content (AvgIpc) is 2.39. The number of rotatable bonds is 6. The maximum atomic E-state index is 12.1. The molecule has 0 aliphatic heterocycles. The Morgan fingerprint density at radius 1 is 1.18 bits per heavy atom. The van der Waals surface area contributed by atoms with E-state index in [2.05, 4.69) is 0 Å². The smallest absolute Gasteiger partial charge is 0.348 e. The van der Waals surface area contributed by atoms with Crippen molar-refractivity contribution in [3.63, 3.8) is 0 Å². The third-order valence-corrected chi connectivity index (χ3v) is 3.79. The van der Waals surface area contributed by atoms with E-state index in [9.17, 15) is 14.7 Å². The fourth-order valence-electron chi connectivity index (χ4n) is 2.40. The monoisotopic (exact) mass is 308 g/mol. The van der Waals surface area contributed by atoms with Crippen molar-refractivity contribution in [1.82, 2.24) is 0 Å². The highest BCUT2D eigenvalue weighted by Gasteiger charge is 2.39. The van der Waals surface area contributed by atoms with Crippen molar-refractivity contribution in [2.24, 2.45) is 0 Å². The number of benzene rings is 1. The van der Waals surface area contributed by atoms with Crippen LogP contribution in [0.25, 0.3) is 0 Å². The van der Waals surface area contributed by atoms with Crippen molar-refractivity contribution in [1.29, 1.82) is 0 Å². The summed E-state index contributed by atoms with van der Waals surface area (Å²) >= 11 is 0. The van der Waals surface area contributed by atoms with Crippen molar-refractivity contribution in [3.8, 4) is 0 Å². The minimum Gasteiger partial charge on any atom is -0.478 e. The van der Waals surface area contributed by atoms with Crippen LogP contribution in [0.1, 0.15) is 36.1 Å². The number of carboxylic acid groups (broad SMARTS) is 1. The number of hydrogen-bond donors (Lipinski definition) is 1. The van der Waals surface area contributed by atoms with Gasteiger partial charge in [-0.15, -0.1) is 0 Å². The van der Waals surface area contributed by atoms with Gasteiger partial charge in [-0.05, 0) is 51.3 Å². The van der Waals surface area contributed by atoms with Crippen LogP contribution in [-0.2, 0) is 25.5 Å². The van der Waals surface area contributed by atoms with Gasteiger partial charge in [0.15, 0.2) is 0 Å². The number of methoxy groups -OCH3 is 1. The maximum Gasteiger partial charge on any atom is 0.348 e. The lowest BCUT2D eigenvalue weighted by Gasteiger charge is -2.29. The van der Waals surface area contributed by atoms with Gasteiger partial charge in [-0.2, -0.15) is 0 Å². The Balaban J connectivity index is 2.92. The first-order valence-electron chi connectivity index (χ1n) is 7.12. The quantitative estimate of drug-likeness (QED) is 0.818. The summed E-state index contributed by atoms with van der Waals surface area (Å²) < 4.78 is 10.3. The molecular formula is C17H24O5. The van der Waals surface area contributed by atoms with E-state index in [4.69, 9.17) is 9.47 Å². The van der Waals surface area contributed by atoms with Crippen LogP contribution in [0, 0.1) is 20.8 Å². The molecule has 0 heterocycles. The molecule has 1 aromatic carbocycles. The first-order valence-corrected chi connectivity index (χ1v) is 7.12. The molecule has 1 aromatic rings. The van der Waals surface area contributed by atoms with Crippen molar-refractivity contribution in [2.45, 2.75) is 52.7 Å². The van der Waals surface area contributed by atoms with E-state index in [-0.39, 0.29) is 6.42 Å². The molecule has 0 radical (unpaired) electrons. The number of hydrogen-bond acceptors (Lipinski definition) is 4. The summed E-state index contributed by atoms with van der Waals surface area (Å²) in [7, 11) is 1.39. The fourth-order valence-corrected chi connectivity index (χ4v) is 2.40. The van der Waals surface area contributed by atoms with Gasteiger partial charge in [-0.3, -0.25) is 4.79 Å². The van der Waals surface area contributed by atoms with Gasteiger partial charge in [0, 0.05) is 7.11 Å². The van der Waals surface area contributed by atoms with Crippen LogP contribution in [0.4, 0.5) is 0 Å². The van der Waals surface area contributed by atoms with Crippen molar-refractivity contribution >= 4 is 11.9 Å². The van der Waals surface area contributed by atoms with E-state index < -0.39 is 23.6 Å². The van der Waals surface area contributed by atoms with Crippen LogP contribution in [0.15, 0.2) is 12.1 Å². The highest BCUT2D eigenvalue weighted by Crippen LogP contribution is 2.21. The molecule has 0 aliphatic carbocycles. The number of aliphatic carboxylic acids is 1. The van der Waals surface area contributed by atoms with Gasteiger partial charge < -0.3 is 14.6 Å². The second-order valence-corrected chi connectivity index (χ2v) is 6.07. The summed E-state index contributed by atoms with van der Waals surface area (Å²) in [5.74, 6) is -1.80. The minimum absolute atomic E-state index is 0.0432. The van der Waals surface area contributed by atoms with Crippen LogP contribution >= 0.6 is 0 Å². The van der Waals surface area contributed by atoms with Crippen LogP contribution in [0.5, 0.6) is 0 Å². The molecule has 122 valence electrons. The second kappa shape index (κ2) is 6.92. The normalized spacial score (nSPS) is 12.8. The summed E-state index contributed by atoms with van der Waals surface area (Å²) in [6.07, 6.45) is -1.31. The molecule has 0 aromatic heterocycles. The summed E-state index contributed by atoms with van der Waals surface area (Å²) in [6, 6.07) is 3.98. The predicted octanol–water partition coefficient (Wildman–Crippen LogP) is 2.58. The standard InChI is InChI=1S/C17H24O5/c1-10-7-11(2)13(12(3)8-10)9-14(18)22-15(16(19)20)17(4,5)21-6/h7-8,15H,9H2,1-6H3,(H,19,20). The maximum absolute atomic E-state index is 12.1. The molecule has 22 heavy (non-hydrogen) atoms. The molecule has 0 spiro atoms. The Hall–Kier alpha value is -1.88. The average molecular weight is 308 g/mol. The topological polar surface area (TPSA) is 72.8 Å². The van der Waals surface area contributed by atoms with E-state index in [1.807, 2.05) is 32.9 Å². The van der Waals surface area contributed by atoms with Gasteiger partial charge in [0.2, 0.25) is 6.10 Å². The molecule has 5 heteroatoms. The molecular weight excluding hydrogens is 284 g/mol. The third kappa shape index (κ3) is 4.31. The number of aryl methyl sites for hydroxylation is 3. The lowest BCUT2D eigenvalue weighted by molar-refractivity contribution is -0.182. The number of carbonyl (C=O) groups is 2. The Labute approximate surface area is 131 Å². The van der Waals surface area contributed by atoms with Crippen LogP contribution in [0.2, 0.25) is 0 Å². The largest absolute Gasteiger partial charge is 0.478 e. The van der Waals surface area contributed by atoms with E-state index >= 15 is 0 Å². The molecule has 0 aliphatic rings. The lowest BCUT2D eigenvalue weighted by atomic mass is 9.97. The highest BCUT2D eigenvalue weighted by molar-refractivity contribution is 5.80. The van der Waals surface area contributed by atoms with Gasteiger partial charge in [0.1, 0.15) is 5.60 Å². The van der Waals surface area contributed by atoms with Gasteiger partial charge in [0.25, 0.3) is 0 Å². The van der Waals surface area contributed by atoms with Crippen LogP contribution in [-0.4, -0.2) is 35.9 Å². The Kier molecular flexibility index (Phi) is 5.72. The summed E-state index contributed by atoms with van der Waals surface area (Å²) in [6.45, 7) is 8.99. The molecule has 0 saturated carbocycles. The molecule has 1 N–H and O–H groups in total. The molecule has 5 nitrogen and oxygen atoms in total.